The van der Waals surface area contributed by atoms with Crippen molar-refractivity contribution >= 4 is 11.8 Å². The van der Waals surface area contributed by atoms with E-state index in [-0.39, 0.29) is 0 Å². The monoisotopic (exact) mass is 153 g/mol. The second kappa shape index (κ2) is 4.36. The van der Waals surface area contributed by atoms with Gasteiger partial charge in [-0.3, -0.25) is 0 Å². The van der Waals surface area contributed by atoms with Gasteiger partial charge in [0.2, 0.25) is 0 Å². The smallest absolute Gasteiger partial charge is 0.0901 e. The maximum atomic E-state index is 8.38. The summed E-state index contributed by atoms with van der Waals surface area (Å²) in [7, 11) is 0. The summed E-state index contributed by atoms with van der Waals surface area (Å²) in [6.07, 6.45) is 0. The molecule has 0 aliphatic heterocycles. The lowest BCUT2D eigenvalue weighted by molar-refractivity contribution is 0.405. The Morgan fingerprint density at radius 1 is 1.30 bits per heavy atom. The molecule has 1 nitrogen and oxygen atoms in total. The Morgan fingerprint density at radius 3 is 2.60 bits per heavy atom. The highest BCUT2D eigenvalue weighted by molar-refractivity contribution is 7.99. The minimum Gasteiger partial charge on any atom is -0.390 e. The molecule has 1 aromatic carbocycles. The number of benzene rings is 1. The number of hydrogen-bond acceptors (Lipinski definition) is 2. The first-order valence-corrected chi connectivity index (χ1v) is 4.06. The highest BCUT2D eigenvalue weighted by atomic mass is 32.2. The average Bonchev–Trinajstić information content (AvgIpc) is 2.03. The van der Waals surface area contributed by atoms with Crippen molar-refractivity contribution in [1.29, 1.82) is 0 Å². The zero-order valence-electron chi connectivity index (χ0n) is 5.53. The predicted molar refractivity (Wildman–Crippen MR) is 43.4 cm³/mol. The van der Waals surface area contributed by atoms with Crippen molar-refractivity contribution in [3.63, 3.8) is 0 Å². The zero-order valence-corrected chi connectivity index (χ0v) is 6.34. The highest BCUT2D eigenvalue weighted by Gasteiger charge is 1.88. The predicted octanol–water partition coefficient (Wildman–Crippen LogP) is 2.31. The molecule has 0 saturated carbocycles. The molecule has 1 rings (SSSR count). The largest absolute Gasteiger partial charge is 0.390 e. The van der Waals surface area contributed by atoms with E-state index in [0.717, 1.165) is 6.61 Å². The first-order chi connectivity index (χ1) is 4.93. The van der Waals surface area contributed by atoms with Crippen molar-refractivity contribution in [1.82, 2.24) is 0 Å². The summed E-state index contributed by atoms with van der Waals surface area (Å²) in [4.78, 5) is 1.19. The minimum atomic E-state index is 0.657. The Labute approximate surface area is 65.1 Å². The first-order valence-electron chi connectivity index (χ1n) is 3.07. The molecule has 2 heteroatoms. The molecule has 0 aliphatic rings. The molecule has 0 fully saturated rings. The van der Waals surface area contributed by atoms with Crippen molar-refractivity contribution in [2.75, 3.05) is 5.75 Å². The molecular weight excluding hydrogens is 144 g/mol. The second-order valence-corrected chi connectivity index (χ2v) is 2.90. The summed E-state index contributed by atoms with van der Waals surface area (Å²) in [6, 6.07) is 9.99. The molecule has 0 amide bonds. The molecule has 0 spiro atoms. The lowest BCUT2D eigenvalue weighted by Gasteiger charge is -1.95. The van der Waals surface area contributed by atoms with Gasteiger partial charge in [-0.15, -0.1) is 11.8 Å². The Kier molecular flexibility index (Phi) is 3.33. The molecule has 0 aromatic heterocycles. The van der Waals surface area contributed by atoms with Crippen molar-refractivity contribution < 1.29 is 5.11 Å². The van der Waals surface area contributed by atoms with Crippen LogP contribution in [0.4, 0.5) is 0 Å². The zero-order chi connectivity index (χ0) is 7.23. The maximum Gasteiger partial charge on any atom is 0.0901 e. The molecule has 0 aliphatic carbocycles. The van der Waals surface area contributed by atoms with Gasteiger partial charge in [-0.05, 0) is 12.1 Å². The van der Waals surface area contributed by atoms with Gasteiger partial charge in [0, 0.05) is 10.6 Å². The number of hydrogen-bond donors (Lipinski definition) is 1. The van der Waals surface area contributed by atoms with Crippen LogP contribution in [0.5, 0.6) is 0 Å². The molecule has 0 bridgehead atoms. The van der Waals surface area contributed by atoms with Crippen LogP contribution in [0.15, 0.2) is 35.2 Å². The summed E-state index contributed by atoms with van der Waals surface area (Å²) >= 11 is 1.61. The topological polar surface area (TPSA) is 20.2 Å². The summed E-state index contributed by atoms with van der Waals surface area (Å²) < 4.78 is 0. The van der Waals surface area contributed by atoms with Gasteiger partial charge in [0.15, 0.2) is 0 Å². The fraction of sp³-hybridized carbons (Fsp3) is 0.125. The Bertz CT molecular complexity index is 174. The minimum absolute atomic E-state index is 0.657. The van der Waals surface area contributed by atoms with Crippen LogP contribution >= 0.6 is 11.8 Å². The van der Waals surface area contributed by atoms with Crippen LogP contribution in [0.1, 0.15) is 0 Å². The molecular formula is C8H9OS. The normalized spacial score (nSPS) is 9.70. The van der Waals surface area contributed by atoms with E-state index in [0.29, 0.717) is 5.75 Å². The summed E-state index contributed by atoms with van der Waals surface area (Å²) in [5.74, 6) is 0.657. The van der Waals surface area contributed by atoms with Crippen LogP contribution in [0.25, 0.3) is 0 Å². The molecule has 1 aromatic rings. The van der Waals surface area contributed by atoms with E-state index in [1.807, 2.05) is 30.3 Å². The maximum absolute atomic E-state index is 8.38. The van der Waals surface area contributed by atoms with Gasteiger partial charge < -0.3 is 5.11 Å². The van der Waals surface area contributed by atoms with E-state index in [1.165, 1.54) is 4.90 Å². The van der Waals surface area contributed by atoms with Gasteiger partial charge in [0.05, 0.1) is 6.61 Å². The van der Waals surface area contributed by atoms with Crippen LogP contribution in [0, 0.1) is 6.61 Å². The molecule has 53 valence electrons. The molecule has 0 unspecified atom stereocenters. The van der Waals surface area contributed by atoms with Gasteiger partial charge in [-0.2, -0.15) is 0 Å². The van der Waals surface area contributed by atoms with E-state index >= 15 is 0 Å². The number of aliphatic hydroxyl groups is 1. The lowest BCUT2D eigenvalue weighted by Crippen LogP contribution is -1.77. The van der Waals surface area contributed by atoms with Gasteiger partial charge in [-0.1, -0.05) is 18.2 Å². The van der Waals surface area contributed by atoms with E-state index in [2.05, 4.69) is 0 Å². The molecule has 0 saturated heterocycles. The van der Waals surface area contributed by atoms with Crippen molar-refractivity contribution in [3.05, 3.63) is 36.9 Å². The van der Waals surface area contributed by atoms with Crippen molar-refractivity contribution in [3.8, 4) is 0 Å². The van der Waals surface area contributed by atoms with Gasteiger partial charge in [0.25, 0.3) is 0 Å². The Morgan fingerprint density at radius 2 is 2.00 bits per heavy atom. The number of thioether (sulfide) groups is 1. The van der Waals surface area contributed by atoms with Crippen LogP contribution < -0.4 is 0 Å². The molecule has 0 atom stereocenters. The van der Waals surface area contributed by atoms with Crippen molar-refractivity contribution in [2.24, 2.45) is 0 Å². The van der Waals surface area contributed by atoms with Gasteiger partial charge >= 0.3 is 0 Å². The van der Waals surface area contributed by atoms with Crippen LogP contribution in [0.2, 0.25) is 0 Å². The van der Waals surface area contributed by atoms with Crippen LogP contribution in [-0.2, 0) is 0 Å². The third kappa shape index (κ3) is 2.42. The molecule has 1 radical (unpaired) electrons. The van der Waals surface area contributed by atoms with Crippen LogP contribution in [0.3, 0.4) is 0 Å². The Hall–Kier alpha value is -0.470. The number of rotatable bonds is 3. The second-order valence-electron chi connectivity index (χ2n) is 1.81. The number of aliphatic hydroxyl groups excluding tert-OH is 1. The highest BCUT2D eigenvalue weighted by Crippen LogP contribution is 2.16. The summed E-state index contributed by atoms with van der Waals surface area (Å²) in [6.45, 7) is 1.16. The fourth-order valence-corrected chi connectivity index (χ4v) is 1.27. The average molecular weight is 153 g/mol. The molecule has 10 heavy (non-hydrogen) atoms. The summed E-state index contributed by atoms with van der Waals surface area (Å²) in [5.41, 5.74) is 0. The summed E-state index contributed by atoms with van der Waals surface area (Å²) in [5, 5.41) is 8.38. The standard InChI is InChI=1S/C8H9OS/c9-6-7-10-8-4-2-1-3-5-8/h1-6,9H,7H2. The first kappa shape index (κ1) is 7.63. The van der Waals surface area contributed by atoms with E-state index in [9.17, 15) is 0 Å². The van der Waals surface area contributed by atoms with E-state index in [4.69, 9.17) is 5.11 Å². The SMILES string of the molecule is O[CH]CSc1ccccc1. The third-order valence-electron chi connectivity index (χ3n) is 1.07. The molecule has 0 heterocycles. The van der Waals surface area contributed by atoms with Gasteiger partial charge in [-0.25, -0.2) is 0 Å². The van der Waals surface area contributed by atoms with E-state index in [1.54, 1.807) is 11.8 Å². The quantitative estimate of drug-likeness (QED) is 0.672. The van der Waals surface area contributed by atoms with E-state index < -0.39 is 0 Å². The lowest BCUT2D eigenvalue weighted by atomic mass is 10.4. The van der Waals surface area contributed by atoms with Gasteiger partial charge in [0.1, 0.15) is 0 Å². The Balaban J connectivity index is 2.43. The fourth-order valence-electron chi connectivity index (χ4n) is 0.650. The van der Waals surface area contributed by atoms with Crippen LogP contribution in [-0.4, -0.2) is 10.9 Å². The third-order valence-corrected chi connectivity index (χ3v) is 1.99. The molecule has 1 N–H and O–H groups in total. The van der Waals surface area contributed by atoms with Crippen molar-refractivity contribution in [2.45, 2.75) is 4.90 Å².